The van der Waals surface area contributed by atoms with E-state index in [0.717, 1.165) is 38.4 Å². The van der Waals surface area contributed by atoms with Crippen molar-refractivity contribution in [1.82, 2.24) is 10.2 Å². The molecule has 5 heteroatoms. The Hall–Kier alpha value is -1.43. The molecule has 3 N–H and O–H groups in total. The Labute approximate surface area is 132 Å². The largest absolute Gasteiger partial charge is 0.379 e. The molecule has 5 nitrogen and oxygen atoms in total. The van der Waals surface area contributed by atoms with Crippen LogP contribution in [-0.2, 0) is 22.6 Å². The van der Waals surface area contributed by atoms with Crippen LogP contribution in [0.3, 0.4) is 0 Å². The second-order valence-corrected chi connectivity index (χ2v) is 6.43. The first-order valence-corrected chi connectivity index (χ1v) is 7.88. The summed E-state index contributed by atoms with van der Waals surface area (Å²) in [6.45, 7) is 9.02. The van der Waals surface area contributed by atoms with Gasteiger partial charge in [0, 0.05) is 32.7 Å². The van der Waals surface area contributed by atoms with Crippen LogP contribution in [0, 0.1) is 5.41 Å². The van der Waals surface area contributed by atoms with Crippen LogP contribution in [0.15, 0.2) is 24.3 Å². The molecule has 1 amide bonds. The molecule has 22 heavy (non-hydrogen) atoms. The first kappa shape index (κ1) is 16.9. The fourth-order valence-corrected chi connectivity index (χ4v) is 2.39. The van der Waals surface area contributed by atoms with Crippen molar-refractivity contribution in [1.29, 1.82) is 0 Å². The minimum Gasteiger partial charge on any atom is -0.379 e. The van der Waals surface area contributed by atoms with E-state index in [0.29, 0.717) is 13.1 Å². The summed E-state index contributed by atoms with van der Waals surface area (Å²) in [4.78, 5) is 14.5. The van der Waals surface area contributed by atoms with E-state index < -0.39 is 5.41 Å². The number of amides is 1. The van der Waals surface area contributed by atoms with Gasteiger partial charge in [-0.2, -0.15) is 0 Å². The SMILES string of the molecule is CC(C)(CN)C(=O)NCc1ccccc1CN1CCOCC1. The quantitative estimate of drug-likeness (QED) is 0.826. The van der Waals surface area contributed by atoms with Gasteiger partial charge in [0.05, 0.1) is 18.6 Å². The molecule has 1 saturated heterocycles. The zero-order valence-electron chi connectivity index (χ0n) is 13.6. The fraction of sp³-hybridized carbons (Fsp3) is 0.588. The number of carbonyl (C=O) groups excluding carboxylic acids is 1. The molecule has 1 aliphatic heterocycles. The molecule has 0 aromatic heterocycles. The normalized spacial score (nSPS) is 16.5. The summed E-state index contributed by atoms with van der Waals surface area (Å²) in [5, 5.41) is 3.01. The molecule has 122 valence electrons. The first-order chi connectivity index (χ1) is 10.5. The molecule has 0 saturated carbocycles. The average molecular weight is 305 g/mol. The molecular formula is C17H27N3O2. The van der Waals surface area contributed by atoms with Gasteiger partial charge in [-0.05, 0) is 25.0 Å². The highest BCUT2D eigenvalue weighted by Crippen LogP contribution is 2.15. The zero-order valence-corrected chi connectivity index (χ0v) is 13.6. The molecule has 1 aliphatic rings. The average Bonchev–Trinajstić information content (AvgIpc) is 2.54. The number of carbonyl (C=O) groups is 1. The lowest BCUT2D eigenvalue weighted by atomic mass is 9.92. The summed E-state index contributed by atoms with van der Waals surface area (Å²) < 4.78 is 5.39. The van der Waals surface area contributed by atoms with Crippen molar-refractivity contribution in [2.24, 2.45) is 11.1 Å². The van der Waals surface area contributed by atoms with Gasteiger partial charge in [0.2, 0.25) is 5.91 Å². The molecule has 0 atom stereocenters. The lowest BCUT2D eigenvalue weighted by Crippen LogP contribution is -2.41. The summed E-state index contributed by atoms with van der Waals surface area (Å²) in [6.07, 6.45) is 0. The van der Waals surface area contributed by atoms with Crippen LogP contribution in [0.2, 0.25) is 0 Å². The Kier molecular flexibility index (Phi) is 5.94. The highest BCUT2D eigenvalue weighted by molar-refractivity contribution is 5.82. The minimum absolute atomic E-state index is 0.00354. The number of nitrogens with two attached hydrogens (primary N) is 1. The van der Waals surface area contributed by atoms with Gasteiger partial charge in [-0.3, -0.25) is 9.69 Å². The van der Waals surface area contributed by atoms with Gasteiger partial charge >= 0.3 is 0 Å². The first-order valence-electron chi connectivity index (χ1n) is 7.88. The van der Waals surface area contributed by atoms with Crippen molar-refractivity contribution in [3.63, 3.8) is 0 Å². The van der Waals surface area contributed by atoms with Gasteiger partial charge < -0.3 is 15.8 Å². The lowest BCUT2D eigenvalue weighted by molar-refractivity contribution is -0.129. The smallest absolute Gasteiger partial charge is 0.227 e. The number of hydrogen-bond donors (Lipinski definition) is 2. The van der Waals surface area contributed by atoms with E-state index in [9.17, 15) is 4.79 Å². The maximum absolute atomic E-state index is 12.2. The Bertz CT molecular complexity index is 496. The highest BCUT2D eigenvalue weighted by Gasteiger charge is 2.25. The maximum atomic E-state index is 12.2. The second kappa shape index (κ2) is 7.72. The summed E-state index contributed by atoms with van der Waals surface area (Å²) in [5.41, 5.74) is 7.54. The van der Waals surface area contributed by atoms with Crippen LogP contribution in [0.1, 0.15) is 25.0 Å². The summed E-state index contributed by atoms with van der Waals surface area (Å²) in [5.74, 6) is -0.00354. The van der Waals surface area contributed by atoms with Crippen LogP contribution in [0.5, 0.6) is 0 Å². The number of nitrogens with one attached hydrogen (secondary N) is 1. The van der Waals surface area contributed by atoms with E-state index in [-0.39, 0.29) is 5.91 Å². The van der Waals surface area contributed by atoms with Crippen LogP contribution in [0.25, 0.3) is 0 Å². The summed E-state index contributed by atoms with van der Waals surface area (Å²) in [6, 6.07) is 8.26. The molecule has 0 aliphatic carbocycles. The van der Waals surface area contributed by atoms with E-state index in [1.54, 1.807) is 0 Å². The molecule has 0 radical (unpaired) electrons. The van der Waals surface area contributed by atoms with Crippen molar-refractivity contribution in [3.05, 3.63) is 35.4 Å². The number of ether oxygens (including phenoxy) is 1. The minimum atomic E-state index is -0.529. The van der Waals surface area contributed by atoms with Gasteiger partial charge in [-0.1, -0.05) is 24.3 Å². The number of rotatable bonds is 6. The Morgan fingerprint density at radius 3 is 2.55 bits per heavy atom. The van der Waals surface area contributed by atoms with Crippen LogP contribution < -0.4 is 11.1 Å². The predicted molar refractivity (Wildman–Crippen MR) is 87.2 cm³/mol. The summed E-state index contributed by atoms with van der Waals surface area (Å²) in [7, 11) is 0. The molecule has 0 bridgehead atoms. The Morgan fingerprint density at radius 2 is 1.91 bits per heavy atom. The fourth-order valence-electron chi connectivity index (χ4n) is 2.39. The van der Waals surface area contributed by atoms with Gasteiger partial charge in [0.1, 0.15) is 0 Å². The molecule has 1 fully saturated rings. The van der Waals surface area contributed by atoms with Gasteiger partial charge in [-0.15, -0.1) is 0 Å². The van der Waals surface area contributed by atoms with Crippen LogP contribution in [-0.4, -0.2) is 43.7 Å². The van der Waals surface area contributed by atoms with Gasteiger partial charge in [0.15, 0.2) is 0 Å². The van der Waals surface area contributed by atoms with E-state index in [1.165, 1.54) is 5.56 Å². The van der Waals surface area contributed by atoms with Crippen molar-refractivity contribution >= 4 is 5.91 Å². The van der Waals surface area contributed by atoms with E-state index >= 15 is 0 Å². The molecule has 0 unspecified atom stereocenters. The predicted octanol–water partition coefficient (Wildman–Crippen LogP) is 1.12. The van der Waals surface area contributed by atoms with E-state index in [1.807, 2.05) is 26.0 Å². The third-order valence-electron chi connectivity index (χ3n) is 4.18. The third-order valence-corrected chi connectivity index (χ3v) is 4.18. The van der Waals surface area contributed by atoms with Gasteiger partial charge in [-0.25, -0.2) is 0 Å². The molecule has 1 aromatic carbocycles. The van der Waals surface area contributed by atoms with Gasteiger partial charge in [0.25, 0.3) is 0 Å². The number of hydrogen-bond acceptors (Lipinski definition) is 4. The topological polar surface area (TPSA) is 67.6 Å². The van der Waals surface area contributed by atoms with Crippen molar-refractivity contribution < 1.29 is 9.53 Å². The van der Waals surface area contributed by atoms with Crippen molar-refractivity contribution in [2.75, 3.05) is 32.8 Å². The summed E-state index contributed by atoms with van der Waals surface area (Å²) >= 11 is 0. The molecule has 1 heterocycles. The molecular weight excluding hydrogens is 278 g/mol. The van der Waals surface area contributed by atoms with Crippen LogP contribution >= 0.6 is 0 Å². The van der Waals surface area contributed by atoms with Crippen LogP contribution in [0.4, 0.5) is 0 Å². The highest BCUT2D eigenvalue weighted by atomic mass is 16.5. The molecule has 1 aromatic rings. The monoisotopic (exact) mass is 305 g/mol. The third kappa shape index (κ3) is 4.53. The number of nitrogens with zero attached hydrogens (tertiary/aromatic N) is 1. The lowest BCUT2D eigenvalue weighted by Gasteiger charge is -2.27. The Balaban J connectivity index is 1.97. The maximum Gasteiger partial charge on any atom is 0.227 e. The van der Waals surface area contributed by atoms with Crippen molar-refractivity contribution in [3.8, 4) is 0 Å². The second-order valence-electron chi connectivity index (χ2n) is 6.43. The number of benzene rings is 1. The van der Waals surface area contributed by atoms with Crippen molar-refractivity contribution in [2.45, 2.75) is 26.9 Å². The molecule has 0 spiro atoms. The van der Waals surface area contributed by atoms with E-state index in [4.69, 9.17) is 10.5 Å². The van der Waals surface area contributed by atoms with E-state index in [2.05, 4.69) is 22.3 Å². The number of morpholine rings is 1. The molecule has 2 rings (SSSR count). The standard InChI is InChI=1S/C17H27N3O2/c1-17(2,13-18)16(21)19-11-14-5-3-4-6-15(14)12-20-7-9-22-10-8-20/h3-6H,7-13,18H2,1-2H3,(H,19,21). The zero-order chi connectivity index (χ0) is 16.0. The Morgan fingerprint density at radius 1 is 1.27 bits per heavy atom.